The number of hydrogen-bond acceptors (Lipinski definition) is 3. The lowest BCUT2D eigenvalue weighted by molar-refractivity contribution is 0.587. The first-order valence-electron chi connectivity index (χ1n) is 4.06. The van der Waals surface area contributed by atoms with E-state index in [0.29, 0.717) is 20.9 Å². The standard InChI is InChI=1S/C9H8F2N2S/c1-4-5(10)3-6(11)8-7(4)13-9(12-2)14-8/h3H,1-2H3,(H,12,13). The molecule has 74 valence electrons. The molecule has 1 heterocycles. The maximum atomic E-state index is 13.3. The highest BCUT2D eigenvalue weighted by Gasteiger charge is 2.13. The molecule has 1 aromatic heterocycles. The van der Waals surface area contributed by atoms with Crippen LogP contribution in [0.2, 0.25) is 0 Å². The quantitative estimate of drug-likeness (QED) is 0.789. The van der Waals surface area contributed by atoms with Crippen molar-refractivity contribution in [2.75, 3.05) is 12.4 Å². The Labute approximate surface area is 83.6 Å². The molecule has 0 radical (unpaired) electrons. The summed E-state index contributed by atoms with van der Waals surface area (Å²) in [7, 11) is 1.70. The summed E-state index contributed by atoms with van der Waals surface area (Å²) >= 11 is 1.18. The third kappa shape index (κ3) is 1.24. The first-order valence-corrected chi connectivity index (χ1v) is 4.88. The summed E-state index contributed by atoms with van der Waals surface area (Å²) < 4.78 is 26.8. The van der Waals surface area contributed by atoms with Crippen LogP contribution in [0, 0.1) is 18.6 Å². The molecule has 0 saturated carbocycles. The van der Waals surface area contributed by atoms with Gasteiger partial charge in [0.25, 0.3) is 0 Å². The Bertz CT molecular complexity index is 493. The van der Waals surface area contributed by atoms with Crippen LogP contribution in [0.5, 0.6) is 0 Å². The molecule has 14 heavy (non-hydrogen) atoms. The molecule has 0 spiro atoms. The van der Waals surface area contributed by atoms with Crippen LogP contribution in [0.1, 0.15) is 5.56 Å². The van der Waals surface area contributed by atoms with Crippen LogP contribution in [-0.2, 0) is 0 Å². The van der Waals surface area contributed by atoms with E-state index in [-0.39, 0.29) is 0 Å². The first-order chi connectivity index (χ1) is 6.63. The zero-order valence-electron chi connectivity index (χ0n) is 7.69. The number of aryl methyl sites for hydroxylation is 1. The number of nitrogens with zero attached hydrogens (tertiary/aromatic N) is 1. The highest BCUT2D eigenvalue weighted by Crippen LogP contribution is 2.31. The second-order valence-electron chi connectivity index (χ2n) is 2.91. The number of hydrogen-bond donors (Lipinski definition) is 1. The predicted octanol–water partition coefficient (Wildman–Crippen LogP) is 2.92. The van der Waals surface area contributed by atoms with Crippen molar-refractivity contribution < 1.29 is 8.78 Å². The fourth-order valence-corrected chi connectivity index (χ4v) is 2.13. The molecule has 1 N–H and O–H groups in total. The molecule has 0 bridgehead atoms. The molecular formula is C9H8F2N2S. The number of anilines is 1. The fourth-order valence-electron chi connectivity index (χ4n) is 1.24. The SMILES string of the molecule is CNc1nc2c(C)c(F)cc(F)c2s1. The van der Waals surface area contributed by atoms with Crippen LogP contribution in [0.25, 0.3) is 10.2 Å². The molecule has 0 saturated heterocycles. The second-order valence-corrected chi connectivity index (χ2v) is 3.91. The molecule has 0 atom stereocenters. The van der Waals surface area contributed by atoms with Crippen LogP contribution in [-0.4, -0.2) is 12.0 Å². The number of rotatable bonds is 1. The van der Waals surface area contributed by atoms with Gasteiger partial charge in [0, 0.05) is 18.7 Å². The summed E-state index contributed by atoms with van der Waals surface area (Å²) in [5.74, 6) is -1.11. The number of thiazole rings is 1. The zero-order chi connectivity index (χ0) is 10.3. The summed E-state index contributed by atoms with van der Waals surface area (Å²) in [4.78, 5) is 4.08. The average molecular weight is 214 g/mol. The van der Waals surface area contributed by atoms with Gasteiger partial charge in [-0.25, -0.2) is 13.8 Å². The van der Waals surface area contributed by atoms with Crippen LogP contribution in [0.4, 0.5) is 13.9 Å². The maximum Gasteiger partial charge on any atom is 0.183 e. The molecule has 1 aromatic carbocycles. The van der Waals surface area contributed by atoms with Crippen molar-refractivity contribution in [2.45, 2.75) is 6.92 Å². The minimum absolute atomic E-state index is 0.388. The van der Waals surface area contributed by atoms with Crippen LogP contribution >= 0.6 is 11.3 Å². The highest BCUT2D eigenvalue weighted by molar-refractivity contribution is 7.22. The van der Waals surface area contributed by atoms with Crippen molar-refractivity contribution in [3.63, 3.8) is 0 Å². The van der Waals surface area contributed by atoms with Gasteiger partial charge in [0.15, 0.2) is 5.13 Å². The van der Waals surface area contributed by atoms with Gasteiger partial charge in [-0.15, -0.1) is 0 Å². The van der Waals surface area contributed by atoms with E-state index in [9.17, 15) is 8.78 Å². The van der Waals surface area contributed by atoms with Crippen molar-refractivity contribution in [3.8, 4) is 0 Å². The number of benzene rings is 1. The molecule has 2 nitrogen and oxygen atoms in total. The van der Waals surface area contributed by atoms with E-state index in [1.807, 2.05) is 0 Å². The van der Waals surface area contributed by atoms with Crippen LogP contribution in [0.3, 0.4) is 0 Å². The molecule has 5 heteroatoms. The Kier molecular flexibility index (Phi) is 2.11. The highest BCUT2D eigenvalue weighted by atomic mass is 32.1. The lowest BCUT2D eigenvalue weighted by Crippen LogP contribution is -1.88. The summed E-state index contributed by atoms with van der Waals surface area (Å²) in [5.41, 5.74) is 0.788. The van der Waals surface area contributed by atoms with E-state index in [4.69, 9.17) is 0 Å². The Morgan fingerprint density at radius 3 is 2.71 bits per heavy atom. The van der Waals surface area contributed by atoms with Crippen molar-refractivity contribution >= 4 is 26.7 Å². The Hall–Kier alpha value is -1.23. The molecule has 2 aromatic rings. The smallest absolute Gasteiger partial charge is 0.183 e. The van der Waals surface area contributed by atoms with E-state index in [1.54, 1.807) is 14.0 Å². The minimum atomic E-state index is -0.554. The minimum Gasteiger partial charge on any atom is -0.365 e. The fraction of sp³-hybridized carbons (Fsp3) is 0.222. The number of fused-ring (bicyclic) bond motifs is 1. The lowest BCUT2D eigenvalue weighted by Gasteiger charge is -1.97. The normalized spacial score (nSPS) is 10.9. The number of aromatic nitrogens is 1. The summed E-state index contributed by atoms with van der Waals surface area (Å²) in [6.45, 7) is 1.59. The zero-order valence-corrected chi connectivity index (χ0v) is 8.51. The summed E-state index contributed by atoms with van der Waals surface area (Å²) in [6.07, 6.45) is 0. The van der Waals surface area contributed by atoms with E-state index in [2.05, 4.69) is 10.3 Å². The molecule has 0 aliphatic carbocycles. The third-order valence-corrected chi connectivity index (χ3v) is 3.11. The van der Waals surface area contributed by atoms with Gasteiger partial charge in [-0.05, 0) is 6.92 Å². The van der Waals surface area contributed by atoms with E-state index >= 15 is 0 Å². The van der Waals surface area contributed by atoms with Gasteiger partial charge in [0.1, 0.15) is 11.6 Å². The van der Waals surface area contributed by atoms with E-state index in [0.717, 1.165) is 6.07 Å². The molecule has 0 amide bonds. The average Bonchev–Trinajstić information content (AvgIpc) is 2.58. The van der Waals surface area contributed by atoms with Gasteiger partial charge in [-0.1, -0.05) is 11.3 Å². The predicted molar refractivity (Wildman–Crippen MR) is 53.8 cm³/mol. The van der Waals surface area contributed by atoms with Crippen molar-refractivity contribution in [3.05, 3.63) is 23.3 Å². The number of halogens is 2. The third-order valence-electron chi connectivity index (χ3n) is 2.02. The van der Waals surface area contributed by atoms with Gasteiger partial charge < -0.3 is 5.32 Å². The Morgan fingerprint density at radius 1 is 1.36 bits per heavy atom. The van der Waals surface area contributed by atoms with Crippen molar-refractivity contribution in [2.24, 2.45) is 0 Å². The van der Waals surface area contributed by atoms with Crippen molar-refractivity contribution in [1.29, 1.82) is 0 Å². The van der Waals surface area contributed by atoms with Gasteiger partial charge in [0.05, 0.1) is 10.2 Å². The van der Waals surface area contributed by atoms with Crippen molar-refractivity contribution in [1.82, 2.24) is 4.98 Å². The van der Waals surface area contributed by atoms with Gasteiger partial charge in [0.2, 0.25) is 0 Å². The maximum absolute atomic E-state index is 13.3. The molecule has 2 rings (SSSR count). The van der Waals surface area contributed by atoms with Crippen LogP contribution in [0.15, 0.2) is 6.07 Å². The lowest BCUT2D eigenvalue weighted by atomic mass is 10.2. The first kappa shape index (κ1) is 9.33. The molecule has 0 aliphatic heterocycles. The topological polar surface area (TPSA) is 24.9 Å². The molecule has 0 unspecified atom stereocenters. The monoisotopic (exact) mass is 214 g/mol. The van der Waals surface area contributed by atoms with Crippen LogP contribution < -0.4 is 5.32 Å². The van der Waals surface area contributed by atoms with Gasteiger partial charge in [-0.3, -0.25) is 0 Å². The molecule has 0 fully saturated rings. The van der Waals surface area contributed by atoms with Gasteiger partial charge in [-0.2, -0.15) is 0 Å². The number of nitrogens with one attached hydrogen (secondary N) is 1. The largest absolute Gasteiger partial charge is 0.365 e. The molecular weight excluding hydrogens is 206 g/mol. The second kappa shape index (κ2) is 3.16. The van der Waals surface area contributed by atoms with E-state index < -0.39 is 11.6 Å². The Morgan fingerprint density at radius 2 is 2.07 bits per heavy atom. The summed E-state index contributed by atoms with van der Waals surface area (Å²) in [5, 5.41) is 3.40. The molecule has 0 aliphatic rings. The van der Waals surface area contributed by atoms with Gasteiger partial charge >= 0.3 is 0 Å². The summed E-state index contributed by atoms with van der Waals surface area (Å²) in [6, 6.07) is 0.898. The van der Waals surface area contributed by atoms with E-state index in [1.165, 1.54) is 11.3 Å². The Balaban J connectivity index is 2.84.